The van der Waals surface area contributed by atoms with Gasteiger partial charge in [0.2, 0.25) is 5.95 Å². The Labute approximate surface area is 176 Å². The van der Waals surface area contributed by atoms with E-state index in [-0.39, 0.29) is 5.91 Å². The van der Waals surface area contributed by atoms with Gasteiger partial charge in [-0.15, -0.1) is 0 Å². The first kappa shape index (κ1) is 19.7. The third-order valence-corrected chi connectivity index (χ3v) is 5.35. The van der Waals surface area contributed by atoms with Crippen LogP contribution in [0.2, 0.25) is 0 Å². The number of benzene rings is 3. The largest absolute Gasteiger partial charge is 0.369 e. The maximum atomic E-state index is 12.5. The zero-order valence-electron chi connectivity index (χ0n) is 17.1. The van der Waals surface area contributed by atoms with Crippen LogP contribution in [0.5, 0.6) is 0 Å². The van der Waals surface area contributed by atoms with Crippen molar-refractivity contribution in [2.75, 3.05) is 11.1 Å². The molecule has 5 heteroatoms. The van der Waals surface area contributed by atoms with Crippen LogP contribution in [-0.2, 0) is 19.4 Å². The molecule has 0 aliphatic rings. The van der Waals surface area contributed by atoms with Gasteiger partial charge >= 0.3 is 0 Å². The van der Waals surface area contributed by atoms with Gasteiger partial charge in [0.05, 0.1) is 11.0 Å². The summed E-state index contributed by atoms with van der Waals surface area (Å²) in [5.41, 5.74) is 11.8. The van der Waals surface area contributed by atoms with Gasteiger partial charge in [0, 0.05) is 17.8 Å². The predicted molar refractivity (Wildman–Crippen MR) is 123 cm³/mol. The van der Waals surface area contributed by atoms with Crippen molar-refractivity contribution >= 4 is 28.6 Å². The minimum atomic E-state index is -0.132. The number of imidazole rings is 1. The second kappa shape index (κ2) is 8.82. The van der Waals surface area contributed by atoms with E-state index < -0.39 is 0 Å². The van der Waals surface area contributed by atoms with Crippen LogP contribution in [0, 0.1) is 0 Å². The van der Waals surface area contributed by atoms with Crippen LogP contribution < -0.4 is 11.1 Å². The van der Waals surface area contributed by atoms with E-state index in [1.165, 1.54) is 11.1 Å². The molecule has 3 N–H and O–H groups in total. The van der Waals surface area contributed by atoms with Gasteiger partial charge in [-0.3, -0.25) is 4.79 Å². The average Bonchev–Trinajstić information content (AvgIpc) is 3.09. The summed E-state index contributed by atoms with van der Waals surface area (Å²) in [7, 11) is 0. The fraction of sp³-hybridized carbons (Fsp3) is 0.200. The lowest BCUT2D eigenvalue weighted by atomic mass is 10.1. The first-order valence-electron chi connectivity index (χ1n) is 10.3. The maximum absolute atomic E-state index is 12.5. The number of amides is 1. The molecular formula is C25H26N4O. The normalized spacial score (nSPS) is 11.0. The summed E-state index contributed by atoms with van der Waals surface area (Å²) in [6, 6.07) is 23.8. The van der Waals surface area contributed by atoms with Crippen molar-refractivity contribution in [1.82, 2.24) is 9.55 Å². The van der Waals surface area contributed by atoms with Crippen molar-refractivity contribution in [1.29, 1.82) is 0 Å². The van der Waals surface area contributed by atoms with Gasteiger partial charge in [0.1, 0.15) is 0 Å². The van der Waals surface area contributed by atoms with E-state index in [9.17, 15) is 4.79 Å². The predicted octanol–water partition coefficient (Wildman–Crippen LogP) is 5.07. The van der Waals surface area contributed by atoms with Crippen molar-refractivity contribution in [3.05, 3.63) is 89.5 Å². The Morgan fingerprint density at radius 1 is 1.00 bits per heavy atom. The van der Waals surface area contributed by atoms with E-state index in [1.807, 2.05) is 53.1 Å². The molecule has 5 nitrogen and oxygen atoms in total. The highest BCUT2D eigenvalue weighted by Gasteiger charge is 2.11. The number of rotatable bonds is 7. The minimum absolute atomic E-state index is 0.132. The highest BCUT2D eigenvalue weighted by molar-refractivity contribution is 6.05. The second-order valence-corrected chi connectivity index (χ2v) is 7.42. The fourth-order valence-electron chi connectivity index (χ4n) is 3.64. The molecule has 4 rings (SSSR count). The number of fused-ring (bicyclic) bond motifs is 1. The van der Waals surface area contributed by atoms with Gasteiger partial charge in [-0.2, -0.15) is 0 Å². The number of nitrogens with zero attached hydrogens (tertiary/aromatic N) is 2. The van der Waals surface area contributed by atoms with Crippen LogP contribution in [0.25, 0.3) is 11.0 Å². The van der Waals surface area contributed by atoms with Crippen molar-refractivity contribution in [3.63, 3.8) is 0 Å². The van der Waals surface area contributed by atoms with Crippen molar-refractivity contribution < 1.29 is 4.79 Å². The van der Waals surface area contributed by atoms with E-state index in [4.69, 9.17) is 5.73 Å². The Bertz CT molecular complexity index is 1150. The quantitative estimate of drug-likeness (QED) is 0.457. The number of anilines is 2. The number of carbonyl (C=O) groups is 1. The summed E-state index contributed by atoms with van der Waals surface area (Å²) in [5.74, 6) is 0.365. The standard InChI is InChI=1S/C25H26N4O/c1-2-18-10-12-20(13-11-18)24(30)27-21-14-15-23-22(17-21)28-25(26)29(23)16-6-9-19-7-4-3-5-8-19/h3-5,7-8,10-15,17H,2,6,9,16H2,1H3,(H2,26,28)(H,27,30). The van der Waals surface area contributed by atoms with Gasteiger partial charge in [-0.1, -0.05) is 49.4 Å². The molecule has 4 aromatic rings. The molecule has 0 radical (unpaired) electrons. The van der Waals surface area contributed by atoms with Crippen molar-refractivity contribution in [2.45, 2.75) is 32.7 Å². The molecule has 152 valence electrons. The number of carbonyl (C=O) groups excluding carboxylic acids is 1. The van der Waals surface area contributed by atoms with Crippen LogP contribution in [0.1, 0.15) is 34.8 Å². The molecule has 0 bridgehead atoms. The van der Waals surface area contributed by atoms with Gasteiger partial charge in [0.25, 0.3) is 5.91 Å². The SMILES string of the molecule is CCc1ccc(C(=O)Nc2ccc3c(c2)nc(N)n3CCCc2ccccc2)cc1. The van der Waals surface area contributed by atoms with Gasteiger partial charge in [-0.25, -0.2) is 4.98 Å². The van der Waals surface area contributed by atoms with Crippen LogP contribution in [0.3, 0.4) is 0 Å². The first-order valence-corrected chi connectivity index (χ1v) is 10.3. The Balaban J connectivity index is 1.46. The van der Waals surface area contributed by atoms with Crippen LogP contribution in [0.15, 0.2) is 72.8 Å². The molecule has 30 heavy (non-hydrogen) atoms. The molecule has 0 saturated heterocycles. The molecule has 0 spiro atoms. The molecule has 1 amide bonds. The number of hydrogen-bond donors (Lipinski definition) is 2. The summed E-state index contributed by atoms with van der Waals surface area (Å²) in [6.07, 6.45) is 2.92. The summed E-state index contributed by atoms with van der Waals surface area (Å²) in [5, 5.41) is 2.95. The topological polar surface area (TPSA) is 72.9 Å². The van der Waals surface area contributed by atoms with E-state index in [2.05, 4.69) is 41.5 Å². The molecule has 1 heterocycles. The number of nitrogens with one attached hydrogen (secondary N) is 1. The smallest absolute Gasteiger partial charge is 0.255 e. The maximum Gasteiger partial charge on any atom is 0.255 e. The number of aryl methyl sites for hydroxylation is 3. The first-order chi connectivity index (χ1) is 14.6. The average molecular weight is 399 g/mol. The van der Waals surface area contributed by atoms with Gasteiger partial charge in [-0.05, 0) is 60.7 Å². The number of aromatic nitrogens is 2. The summed E-state index contributed by atoms with van der Waals surface area (Å²) in [6.45, 7) is 2.89. The lowest BCUT2D eigenvalue weighted by Gasteiger charge is -2.08. The molecular weight excluding hydrogens is 372 g/mol. The van der Waals surface area contributed by atoms with Crippen LogP contribution in [0.4, 0.5) is 11.6 Å². The summed E-state index contributed by atoms with van der Waals surface area (Å²) < 4.78 is 2.04. The second-order valence-electron chi connectivity index (χ2n) is 7.42. The van der Waals surface area contributed by atoms with Crippen molar-refractivity contribution in [3.8, 4) is 0 Å². The Hall–Kier alpha value is -3.60. The van der Waals surface area contributed by atoms with E-state index in [0.717, 1.165) is 36.8 Å². The third kappa shape index (κ3) is 4.35. The van der Waals surface area contributed by atoms with Crippen LogP contribution in [-0.4, -0.2) is 15.5 Å². The van der Waals surface area contributed by atoms with Crippen LogP contribution >= 0.6 is 0 Å². The molecule has 0 aliphatic heterocycles. The van der Waals surface area contributed by atoms with E-state index >= 15 is 0 Å². The van der Waals surface area contributed by atoms with E-state index in [1.54, 1.807) is 0 Å². The number of nitrogens with two attached hydrogens (primary N) is 1. The molecule has 3 aromatic carbocycles. The fourth-order valence-corrected chi connectivity index (χ4v) is 3.64. The minimum Gasteiger partial charge on any atom is -0.369 e. The third-order valence-electron chi connectivity index (χ3n) is 5.35. The number of hydrogen-bond acceptors (Lipinski definition) is 3. The summed E-state index contributed by atoms with van der Waals surface area (Å²) in [4.78, 5) is 17.0. The molecule has 0 saturated carbocycles. The lowest BCUT2D eigenvalue weighted by molar-refractivity contribution is 0.102. The zero-order chi connectivity index (χ0) is 20.9. The van der Waals surface area contributed by atoms with Gasteiger partial charge < -0.3 is 15.6 Å². The monoisotopic (exact) mass is 398 g/mol. The molecule has 1 aromatic heterocycles. The van der Waals surface area contributed by atoms with Gasteiger partial charge in [0.15, 0.2) is 0 Å². The molecule has 0 unspecified atom stereocenters. The van der Waals surface area contributed by atoms with E-state index in [0.29, 0.717) is 17.2 Å². The highest BCUT2D eigenvalue weighted by Crippen LogP contribution is 2.23. The number of nitrogen functional groups attached to an aromatic ring is 1. The Kier molecular flexibility index (Phi) is 5.80. The zero-order valence-corrected chi connectivity index (χ0v) is 17.1. The van der Waals surface area contributed by atoms with Crippen molar-refractivity contribution in [2.24, 2.45) is 0 Å². The molecule has 0 fully saturated rings. The highest BCUT2D eigenvalue weighted by atomic mass is 16.1. The molecule has 0 aliphatic carbocycles. The Morgan fingerprint density at radius 3 is 2.50 bits per heavy atom. The lowest BCUT2D eigenvalue weighted by Crippen LogP contribution is -2.11. The summed E-state index contributed by atoms with van der Waals surface area (Å²) >= 11 is 0. The molecule has 0 atom stereocenters. The Morgan fingerprint density at radius 2 is 1.77 bits per heavy atom.